The molecule has 1 saturated carbocycles. The highest BCUT2D eigenvalue weighted by Crippen LogP contribution is 2.25. The lowest BCUT2D eigenvalue weighted by molar-refractivity contribution is -0.119. The van der Waals surface area contributed by atoms with Crippen LogP contribution >= 0.6 is 11.8 Å². The van der Waals surface area contributed by atoms with Crippen molar-refractivity contribution in [2.45, 2.75) is 64.0 Å². The highest BCUT2D eigenvalue weighted by molar-refractivity contribution is 8.00. The molecule has 1 aliphatic carbocycles. The predicted molar refractivity (Wildman–Crippen MR) is 107 cm³/mol. The van der Waals surface area contributed by atoms with Gasteiger partial charge in [-0.1, -0.05) is 30.8 Å². The molecule has 2 N–H and O–H groups in total. The Labute approximate surface area is 165 Å². The van der Waals surface area contributed by atoms with Crippen LogP contribution in [0.4, 0.5) is 5.82 Å². The molecule has 0 bridgehead atoms. The summed E-state index contributed by atoms with van der Waals surface area (Å²) in [6.07, 6.45) is 9.04. The Balaban J connectivity index is 1.30. The second-order valence-corrected chi connectivity index (χ2v) is 8.54. The van der Waals surface area contributed by atoms with Crippen molar-refractivity contribution in [2.75, 3.05) is 29.9 Å². The molecule has 0 spiro atoms. The molecular formula is C19H30N4O3S. The average Bonchev–Trinajstić information content (AvgIpc) is 3.15. The van der Waals surface area contributed by atoms with E-state index in [-0.39, 0.29) is 23.6 Å². The van der Waals surface area contributed by atoms with Crippen molar-refractivity contribution in [1.82, 2.24) is 15.4 Å². The maximum absolute atomic E-state index is 12.2. The SMILES string of the molecule is Cc1cc(NC(=O)CSCC(=O)NC2CCN(C3CCCCCC3)C2)no1. The van der Waals surface area contributed by atoms with Gasteiger partial charge >= 0.3 is 0 Å². The van der Waals surface area contributed by atoms with E-state index in [2.05, 4.69) is 20.7 Å². The molecule has 7 nitrogen and oxygen atoms in total. The standard InChI is InChI=1S/C19H30N4O3S/c1-14-10-17(22-26-14)21-19(25)13-27-12-18(24)20-15-8-9-23(11-15)16-6-4-2-3-5-7-16/h10,15-16H,2-9,11-13H2,1H3,(H,20,24)(H,21,22,25). The van der Waals surface area contributed by atoms with Crippen LogP contribution in [0, 0.1) is 6.92 Å². The second-order valence-electron chi connectivity index (χ2n) is 7.56. The third kappa shape index (κ3) is 6.53. The van der Waals surface area contributed by atoms with Crippen LogP contribution in [0.15, 0.2) is 10.6 Å². The molecule has 1 aromatic rings. The van der Waals surface area contributed by atoms with Gasteiger partial charge < -0.3 is 15.2 Å². The van der Waals surface area contributed by atoms with Crippen LogP contribution in [0.1, 0.15) is 50.7 Å². The summed E-state index contributed by atoms with van der Waals surface area (Å²) in [7, 11) is 0. The zero-order valence-corrected chi connectivity index (χ0v) is 16.9. The van der Waals surface area contributed by atoms with Crippen molar-refractivity contribution in [1.29, 1.82) is 0 Å². The summed E-state index contributed by atoms with van der Waals surface area (Å²) in [4.78, 5) is 26.6. The normalized spacial score (nSPS) is 21.7. The minimum absolute atomic E-state index is 0.0118. The number of carbonyl (C=O) groups is 2. The molecule has 0 radical (unpaired) electrons. The summed E-state index contributed by atoms with van der Waals surface area (Å²) in [5, 5.41) is 9.50. The van der Waals surface area contributed by atoms with E-state index in [4.69, 9.17) is 4.52 Å². The predicted octanol–water partition coefficient (Wildman–Crippen LogP) is 2.57. The lowest BCUT2D eigenvalue weighted by Gasteiger charge is -2.26. The lowest BCUT2D eigenvalue weighted by atomic mass is 10.1. The first kappa shape index (κ1) is 20.2. The molecule has 0 aromatic carbocycles. The molecule has 1 unspecified atom stereocenters. The van der Waals surface area contributed by atoms with Gasteiger partial charge in [-0.05, 0) is 26.2 Å². The number of carbonyl (C=O) groups excluding carboxylic acids is 2. The first-order valence-electron chi connectivity index (χ1n) is 9.94. The van der Waals surface area contributed by atoms with Crippen molar-refractivity contribution in [2.24, 2.45) is 0 Å². The van der Waals surface area contributed by atoms with Gasteiger partial charge in [0.15, 0.2) is 5.82 Å². The molecule has 2 amide bonds. The summed E-state index contributed by atoms with van der Waals surface area (Å²) in [5.41, 5.74) is 0. The van der Waals surface area contributed by atoms with Crippen LogP contribution < -0.4 is 10.6 Å². The van der Waals surface area contributed by atoms with Gasteiger partial charge in [0, 0.05) is 31.2 Å². The van der Waals surface area contributed by atoms with E-state index in [1.165, 1.54) is 50.3 Å². The number of anilines is 1. The molecule has 1 saturated heterocycles. The number of aryl methyl sites for hydroxylation is 1. The van der Waals surface area contributed by atoms with Crippen molar-refractivity contribution >= 4 is 29.4 Å². The summed E-state index contributed by atoms with van der Waals surface area (Å²) in [5.74, 6) is 1.40. The first-order chi connectivity index (χ1) is 13.1. The van der Waals surface area contributed by atoms with E-state index in [0.717, 1.165) is 19.5 Å². The third-order valence-corrected chi connectivity index (χ3v) is 6.22. The Hall–Kier alpha value is -1.54. The molecule has 2 heterocycles. The smallest absolute Gasteiger partial charge is 0.235 e. The van der Waals surface area contributed by atoms with E-state index < -0.39 is 0 Å². The van der Waals surface area contributed by atoms with Crippen LogP contribution in [0.5, 0.6) is 0 Å². The zero-order valence-electron chi connectivity index (χ0n) is 16.0. The third-order valence-electron chi connectivity index (χ3n) is 5.29. The molecule has 2 fully saturated rings. The van der Waals surface area contributed by atoms with Gasteiger partial charge in [-0.3, -0.25) is 14.5 Å². The van der Waals surface area contributed by atoms with Gasteiger partial charge in [0.25, 0.3) is 0 Å². The Morgan fingerprint density at radius 2 is 1.93 bits per heavy atom. The Kier molecular flexibility index (Phi) is 7.58. The highest BCUT2D eigenvalue weighted by Gasteiger charge is 2.29. The van der Waals surface area contributed by atoms with E-state index in [9.17, 15) is 9.59 Å². The number of hydrogen-bond donors (Lipinski definition) is 2. The monoisotopic (exact) mass is 394 g/mol. The topological polar surface area (TPSA) is 87.5 Å². The number of nitrogens with zero attached hydrogens (tertiary/aromatic N) is 2. The minimum atomic E-state index is -0.179. The van der Waals surface area contributed by atoms with Crippen LogP contribution in [0.3, 0.4) is 0 Å². The Morgan fingerprint density at radius 1 is 1.19 bits per heavy atom. The van der Waals surface area contributed by atoms with Crippen molar-refractivity contribution < 1.29 is 14.1 Å². The number of rotatable bonds is 7. The van der Waals surface area contributed by atoms with Gasteiger partial charge in [-0.2, -0.15) is 0 Å². The number of amides is 2. The molecule has 8 heteroatoms. The minimum Gasteiger partial charge on any atom is -0.360 e. The van der Waals surface area contributed by atoms with E-state index in [1.807, 2.05) is 0 Å². The quantitative estimate of drug-likeness (QED) is 0.691. The number of likely N-dealkylation sites (tertiary alicyclic amines) is 1. The van der Waals surface area contributed by atoms with Gasteiger partial charge in [0.05, 0.1) is 11.5 Å². The summed E-state index contributed by atoms with van der Waals surface area (Å²) >= 11 is 1.31. The molecule has 3 rings (SSSR count). The van der Waals surface area contributed by atoms with E-state index in [0.29, 0.717) is 23.4 Å². The van der Waals surface area contributed by atoms with Crippen molar-refractivity contribution in [3.05, 3.63) is 11.8 Å². The fourth-order valence-electron chi connectivity index (χ4n) is 3.97. The number of thioether (sulfide) groups is 1. The molecule has 27 heavy (non-hydrogen) atoms. The average molecular weight is 395 g/mol. The number of hydrogen-bond acceptors (Lipinski definition) is 6. The highest BCUT2D eigenvalue weighted by atomic mass is 32.2. The number of nitrogens with one attached hydrogen (secondary N) is 2. The van der Waals surface area contributed by atoms with E-state index >= 15 is 0 Å². The molecule has 1 atom stereocenters. The molecule has 1 aromatic heterocycles. The van der Waals surface area contributed by atoms with Gasteiger partial charge in [-0.15, -0.1) is 11.8 Å². The first-order valence-corrected chi connectivity index (χ1v) is 11.1. The largest absolute Gasteiger partial charge is 0.360 e. The maximum atomic E-state index is 12.2. The second kappa shape index (κ2) is 10.1. The van der Waals surface area contributed by atoms with E-state index in [1.54, 1.807) is 13.0 Å². The maximum Gasteiger partial charge on any atom is 0.235 e. The molecule has 150 valence electrons. The lowest BCUT2D eigenvalue weighted by Crippen LogP contribution is -2.40. The fourth-order valence-corrected chi connectivity index (χ4v) is 4.60. The molecular weight excluding hydrogens is 364 g/mol. The Morgan fingerprint density at radius 3 is 2.63 bits per heavy atom. The summed E-state index contributed by atoms with van der Waals surface area (Å²) in [6.45, 7) is 3.82. The van der Waals surface area contributed by atoms with Crippen LogP contribution in [0.25, 0.3) is 0 Å². The fraction of sp³-hybridized carbons (Fsp3) is 0.737. The van der Waals surface area contributed by atoms with Crippen molar-refractivity contribution in [3.8, 4) is 0 Å². The summed E-state index contributed by atoms with van der Waals surface area (Å²) < 4.78 is 4.90. The van der Waals surface area contributed by atoms with Gasteiger partial charge in [0.2, 0.25) is 11.8 Å². The molecule has 1 aliphatic heterocycles. The Bertz CT molecular complexity index is 628. The van der Waals surface area contributed by atoms with Crippen LogP contribution in [0.2, 0.25) is 0 Å². The van der Waals surface area contributed by atoms with Gasteiger partial charge in [0.1, 0.15) is 5.76 Å². The van der Waals surface area contributed by atoms with Gasteiger partial charge in [-0.25, -0.2) is 0 Å². The zero-order chi connectivity index (χ0) is 19.1. The molecule has 2 aliphatic rings. The summed E-state index contributed by atoms with van der Waals surface area (Å²) in [6, 6.07) is 2.61. The van der Waals surface area contributed by atoms with Crippen LogP contribution in [-0.4, -0.2) is 58.5 Å². The number of aromatic nitrogens is 1. The van der Waals surface area contributed by atoms with Crippen molar-refractivity contribution in [3.63, 3.8) is 0 Å². The van der Waals surface area contributed by atoms with Crippen LogP contribution in [-0.2, 0) is 9.59 Å².